The Morgan fingerprint density at radius 3 is 2.77 bits per heavy atom. The van der Waals surface area contributed by atoms with Gasteiger partial charge in [-0.05, 0) is 30.7 Å². The highest BCUT2D eigenvalue weighted by molar-refractivity contribution is 8.16. The number of benzene rings is 2. The summed E-state index contributed by atoms with van der Waals surface area (Å²) in [5.74, 6) is 0.361. The second-order valence-electron chi connectivity index (χ2n) is 7.44. The van der Waals surface area contributed by atoms with Crippen molar-refractivity contribution in [2.24, 2.45) is 4.99 Å². The summed E-state index contributed by atoms with van der Waals surface area (Å²) in [7, 11) is -1.60. The highest BCUT2D eigenvalue weighted by Crippen LogP contribution is 2.42. The van der Waals surface area contributed by atoms with Crippen molar-refractivity contribution in [1.29, 1.82) is 0 Å². The first-order chi connectivity index (χ1) is 14.3. The highest BCUT2D eigenvalue weighted by Gasteiger charge is 2.49. The smallest absolute Gasteiger partial charge is 0.252 e. The number of thioether (sulfide) groups is 1. The van der Waals surface area contributed by atoms with Gasteiger partial charge in [0.15, 0.2) is 15.0 Å². The summed E-state index contributed by atoms with van der Waals surface area (Å²) in [5.41, 5.74) is 2.67. The van der Waals surface area contributed by atoms with Crippen molar-refractivity contribution in [2.75, 3.05) is 23.5 Å². The molecular weight excluding hydrogens is 444 g/mol. The lowest BCUT2D eigenvalue weighted by Gasteiger charge is -2.25. The number of carbonyl (C=O) groups is 1. The van der Waals surface area contributed by atoms with E-state index in [0.717, 1.165) is 11.1 Å². The summed E-state index contributed by atoms with van der Waals surface area (Å²) in [6.07, 6.45) is 0.191. The molecule has 2 aromatic rings. The summed E-state index contributed by atoms with van der Waals surface area (Å²) in [4.78, 5) is 18.9. The third-order valence-electron chi connectivity index (χ3n) is 5.14. The van der Waals surface area contributed by atoms with Gasteiger partial charge >= 0.3 is 0 Å². The molecule has 2 saturated heterocycles. The van der Waals surface area contributed by atoms with Crippen LogP contribution in [0, 0.1) is 6.92 Å². The van der Waals surface area contributed by atoms with E-state index in [1.807, 2.05) is 36.1 Å². The third-order valence-corrected chi connectivity index (χ3v) is 8.64. The molecule has 6 nitrogen and oxygen atoms in total. The molecule has 0 radical (unpaired) electrons. The molecule has 2 aromatic carbocycles. The first-order valence-corrected chi connectivity index (χ1v) is 12.5. The van der Waals surface area contributed by atoms with Gasteiger partial charge in [0, 0.05) is 10.9 Å². The molecule has 2 atom stereocenters. The zero-order chi connectivity index (χ0) is 21.5. The average molecular weight is 465 g/mol. The van der Waals surface area contributed by atoms with Gasteiger partial charge in [0.1, 0.15) is 5.75 Å². The Kier molecular flexibility index (Phi) is 5.83. The molecule has 30 heavy (non-hydrogen) atoms. The summed E-state index contributed by atoms with van der Waals surface area (Å²) >= 11 is 7.64. The molecule has 0 N–H and O–H groups in total. The number of anilines is 1. The number of amides is 1. The van der Waals surface area contributed by atoms with E-state index in [1.165, 1.54) is 18.9 Å². The monoisotopic (exact) mass is 464 g/mol. The molecule has 2 aliphatic heterocycles. The van der Waals surface area contributed by atoms with Crippen molar-refractivity contribution in [3.63, 3.8) is 0 Å². The van der Waals surface area contributed by atoms with Crippen LogP contribution in [0.3, 0.4) is 0 Å². The van der Waals surface area contributed by atoms with Crippen LogP contribution in [0.15, 0.2) is 47.5 Å². The van der Waals surface area contributed by atoms with Crippen molar-refractivity contribution in [2.45, 2.75) is 24.6 Å². The number of amidine groups is 1. The fourth-order valence-electron chi connectivity index (χ4n) is 3.81. The lowest BCUT2D eigenvalue weighted by Crippen LogP contribution is -2.37. The lowest BCUT2D eigenvalue weighted by molar-refractivity contribution is -0.117. The highest BCUT2D eigenvalue weighted by atomic mass is 35.5. The standard InChI is InChI=1S/C21H21ClN2O4S2/c1-13-4-3-5-14(8-13)9-20(25)23-21-24(15-6-7-18(28-2)16(22)10-15)17-11-30(26,27)12-19(17)29-21/h3-8,10,17,19H,9,11-12H2,1-2H3/t17-,19-/m0/s1. The first-order valence-electron chi connectivity index (χ1n) is 9.42. The van der Waals surface area contributed by atoms with E-state index < -0.39 is 9.84 Å². The minimum absolute atomic E-state index is 0.0272. The van der Waals surface area contributed by atoms with Gasteiger partial charge in [-0.3, -0.25) is 4.79 Å². The molecule has 158 valence electrons. The fraction of sp³-hybridized carbons (Fsp3) is 0.333. The van der Waals surface area contributed by atoms with Gasteiger partial charge < -0.3 is 9.64 Å². The van der Waals surface area contributed by atoms with Crippen LogP contribution in [-0.4, -0.2) is 49.4 Å². The Bertz CT molecular complexity index is 1130. The second-order valence-corrected chi connectivity index (χ2v) is 11.2. The Balaban J connectivity index is 1.66. The number of carbonyl (C=O) groups excluding carboxylic acids is 1. The molecule has 2 fully saturated rings. The van der Waals surface area contributed by atoms with Crippen molar-refractivity contribution in [3.8, 4) is 5.75 Å². The quantitative estimate of drug-likeness (QED) is 0.689. The lowest BCUT2D eigenvalue weighted by atomic mass is 10.1. The third kappa shape index (κ3) is 4.36. The molecule has 9 heteroatoms. The molecule has 0 bridgehead atoms. The number of hydrogen-bond donors (Lipinski definition) is 0. The predicted molar refractivity (Wildman–Crippen MR) is 122 cm³/mol. The normalized spacial score (nSPS) is 23.6. The zero-order valence-electron chi connectivity index (χ0n) is 16.5. The van der Waals surface area contributed by atoms with E-state index in [4.69, 9.17) is 16.3 Å². The maximum atomic E-state index is 12.7. The maximum absolute atomic E-state index is 12.7. The van der Waals surface area contributed by atoms with E-state index in [-0.39, 0.29) is 35.1 Å². The second kappa shape index (κ2) is 8.24. The van der Waals surface area contributed by atoms with Crippen LogP contribution >= 0.6 is 23.4 Å². The van der Waals surface area contributed by atoms with E-state index in [9.17, 15) is 13.2 Å². The number of ether oxygens (including phenoxy) is 1. The van der Waals surface area contributed by atoms with Crippen LogP contribution in [0.25, 0.3) is 0 Å². The van der Waals surface area contributed by atoms with Gasteiger partial charge in [0.2, 0.25) is 0 Å². The van der Waals surface area contributed by atoms with Crippen LogP contribution in [-0.2, 0) is 21.1 Å². The minimum atomic E-state index is -3.13. The number of aliphatic imine (C=N–C) groups is 1. The van der Waals surface area contributed by atoms with E-state index in [0.29, 0.717) is 21.6 Å². The minimum Gasteiger partial charge on any atom is -0.495 e. The van der Waals surface area contributed by atoms with Crippen molar-refractivity contribution in [1.82, 2.24) is 0 Å². The van der Waals surface area contributed by atoms with Crippen molar-refractivity contribution < 1.29 is 17.9 Å². The number of nitrogens with zero attached hydrogens (tertiary/aromatic N) is 2. The number of halogens is 1. The topological polar surface area (TPSA) is 76.0 Å². The van der Waals surface area contributed by atoms with Crippen LogP contribution in [0.5, 0.6) is 5.75 Å². The molecule has 0 spiro atoms. The predicted octanol–water partition coefficient (Wildman–Crippen LogP) is 3.50. The van der Waals surface area contributed by atoms with Gasteiger partial charge in [-0.15, -0.1) is 0 Å². The summed E-state index contributed by atoms with van der Waals surface area (Å²) in [6, 6.07) is 12.7. The SMILES string of the molecule is COc1ccc(N2C(=NC(=O)Cc3cccc(C)c3)S[C@H]3CS(=O)(=O)C[C@@H]32)cc1Cl. The van der Waals surface area contributed by atoms with Gasteiger partial charge in [-0.25, -0.2) is 8.42 Å². The van der Waals surface area contributed by atoms with Gasteiger partial charge in [-0.1, -0.05) is 53.2 Å². The summed E-state index contributed by atoms with van der Waals surface area (Å²) < 4.78 is 29.6. The number of hydrogen-bond acceptors (Lipinski definition) is 5. The fourth-order valence-corrected chi connectivity index (χ4v) is 8.00. The summed E-state index contributed by atoms with van der Waals surface area (Å²) in [5, 5.41) is 0.759. The molecule has 1 amide bonds. The van der Waals surface area contributed by atoms with E-state index in [2.05, 4.69) is 4.99 Å². The van der Waals surface area contributed by atoms with E-state index in [1.54, 1.807) is 18.2 Å². The molecule has 4 rings (SSSR count). The molecule has 0 saturated carbocycles. The maximum Gasteiger partial charge on any atom is 0.252 e. The Morgan fingerprint density at radius 2 is 2.07 bits per heavy atom. The molecule has 2 heterocycles. The summed E-state index contributed by atoms with van der Waals surface area (Å²) in [6.45, 7) is 1.98. The molecule has 0 aromatic heterocycles. The van der Waals surface area contributed by atoms with Crippen LogP contribution in [0.2, 0.25) is 5.02 Å². The largest absolute Gasteiger partial charge is 0.495 e. The molecule has 2 aliphatic rings. The van der Waals surface area contributed by atoms with Crippen LogP contribution in [0.1, 0.15) is 11.1 Å². The zero-order valence-corrected chi connectivity index (χ0v) is 18.9. The van der Waals surface area contributed by atoms with Gasteiger partial charge in [0.25, 0.3) is 5.91 Å². The van der Waals surface area contributed by atoms with E-state index >= 15 is 0 Å². The van der Waals surface area contributed by atoms with Crippen LogP contribution in [0.4, 0.5) is 5.69 Å². The average Bonchev–Trinajstić information content (AvgIpc) is 3.12. The first kappa shape index (κ1) is 21.2. The van der Waals surface area contributed by atoms with Gasteiger partial charge in [0.05, 0.1) is 36.1 Å². The van der Waals surface area contributed by atoms with Crippen LogP contribution < -0.4 is 9.64 Å². The Morgan fingerprint density at radius 1 is 1.27 bits per heavy atom. The van der Waals surface area contributed by atoms with Crippen molar-refractivity contribution in [3.05, 3.63) is 58.6 Å². The number of rotatable bonds is 4. The molecule has 0 unspecified atom stereocenters. The number of aryl methyl sites for hydroxylation is 1. The van der Waals surface area contributed by atoms with Crippen molar-refractivity contribution >= 4 is 50.0 Å². The Hall–Kier alpha value is -2.03. The Labute approximate surface area is 185 Å². The number of methoxy groups -OCH3 is 1. The van der Waals surface area contributed by atoms with Gasteiger partial charge in [-0.2, -0.15) is 4.99 Å². The molecular formula is C21H21ClN2O4S2. The molecule has 0 aliphatic carbocycles. The number of sulfone groups is 1. The number of fused-ring (bicyclic) bond motifs is 1.